The number of carbonyl (C=O) groups is 1. The molecule has 0 spiro atoms. The lowest BCUT2D eigenvalue weighted by molar-refractivity contribution is -0.144. The highest BCUT2D eigenvalue weighted by atomic mass is 19.4. The van der Waals surface area contributed by atoms with Gasteiger partial charge in [0.1, 0.15) is 0 Å². The van der Waals surface area contributed by atoms with Crippen molar-refractivity contribution < 1.29 is 18.0 Å². The Labute approximate surface area is 158 Å². The van der Waals surface area contributed by atoms with Crippen molar-refractivity contribution in [3.05, 3.63) is 22.8 Å². The number of nitrogens with zero attached hydrogens (tertiary/aromatic N) is 6. The van der Waals surface area contributed by atoms with E-state index in [2.05, 4.69) is 36.5 Å². The first-order valence-electron chi connectivity index (χ1n) is 8.59. The van der Waals surface area contributed by atoms with E-state index in [-0.39, 0.29) is 18.1 Å². The van der Waals surface area contributed by atoms with Gasteiger partial charge in [-0.3, -0.25) is 4.79 Å². The molecule has 3 rings (SSSR count). The van der Waals surface area contributed by atoms with Crippen molar-refractivity contribution in [1.29, 1.82) is 0 Å². The Bertz CT molecular complexity index is 981. The summed E-state index contributed by atoms with van der Waals surface area (Å²) < 4.78 is 39.5. The van der Waals surface area contributed by atoms with Gasteiger partial charge in [-0.15, -0.1) is 17.4 Å². The second-order valence-corrected chi connectivity index (χ2v) is 6.57. The second kappa shape index (κ2) is 7.18. The Kier molecular flexibility index (Phi) is 5.06. The zero-order valence-electron chi connectivity index (χ0n) is 15.3. The van der Waals surface area contributed by atoms with Gasteiger partial charge < -0.3 is 5.32 Å². The van der Waals surface area contributed by atoms with Gasteiger partial charge in [-0.2, -0.15) is 28.4 Å². The fourth-order valence-electron chi connectivity index (χ4n) is 2.88. The Morgan fingerprint density at radius 3 is 2.57 bits per heavy atom. The zero-order chi connectivity index (χ0) is 20.5. The molecule has 0 saturated heterocycles. The van der Waals surface area contributed by atoms with E-state index in [1.54, 1.807) is 13.8 Å². The Balaban J connectivity index is 1.66. The SMILES string of the molecule is C#CCCC1(CCNC(=O)Cc2c(C)nc3nc(C(F)(F)F)nn3c2C)N=N1. The molecule has 0 aromatic carbocycles. The molecule has 0 bridgehead atoms. The van der Waals surface area contributed by atoms with E-state index in [1.807, 2.05) is 0 Å². The van der Waals surface area contributed by atoms with Crippen molar-refractivity contribution >= 4 is 11.7 Å². The van der Waals surface area contributed by atoms with Crippen LogP contribution < -0.4 is 5.32 Å². The van der Waals surface area contributed by atoms with Crippen molar-refractivity contribution in [1.82, 2.24) is 24.9 Å². The Hall–Kier alpha value is -3.03. The number of hydrogen-bond donors (Lipinski definition) is 1. The van der Waals surface area contributed by atoms with Crippen molar-refractivity contribution in [3.63, 3.8) is 0 Å². The number of aromatic nitrogens is 4. The van der Waals surface area contributed by atoms with Crippen LogP contribution in [0.3, 0.4) is 0 Å². The number of carbonyl (C=O) groups excluding carboxylic acids is 1. The molecule has 11 heteroatoms. The smallest absolute Gasteiger partial charge is 0.356 e. The molecule has 1 N–H and O–H groups in total. The van der Waals surface area contributed by atoms with E-state index in [0.29, 0.717) is 42.8 Å². The van der Waals surface area contributed by atoms with Gasteiger partial charge >= 0.3 is 6.18 Å². The average molecular weight is 393 g/mol. The molecule has 0 unspecified atom stereocenters. The third-order valence-electron chi connectivity index (χ3n) is 4.54. The summed E-state index contributed by atoms with van der Waals surface area (Å²) in [6.07, 6.45) is 2.29. The summed E-state index contributed by atoms with van der Waals surface area (Å²) in [5.74, 6) is 0.835. The number of hydrogen-bond acceptors (Lipinski definition) is 6. The van der Waals surface area contributed by atoms with Crippen molar-refractivity contribution in [3.8, 4) is 12.3 Å². The quantitative estimate of drug-likeness (QED) is 0.731. The topological polar surface area (TPSA) is 96.9 Å². The number of fused-ring (bicyclic) bond motifs is 1. The minimum Gasteiger partial charge on any atom is -0.356 e. The molecule has 0 atom stereocenters. The molecule has 148 valence electrons. The van der Waals surface area contributed by atoms with Crippen LogP contribution in [-0.2, 0) is 17.4 Å². The summed E-state index contributed by atoms with van der Waals surface area (Å²) in [4.78, 5) is 19.7. The van der Waals surface area contributed by atoms with Crippen LogP contribution in [0, 0.1) is 26.2 Å². The van der Waals surface area contributed by atoms with E-state index < -0.39 is 17.7 Å². The second-order valence-electron chi connectivity index (χ2n) is 6.57. The zero-order valence-corrected chi connectivity index (χ0v) is 15.3. The van der Waals surface area contributed by atoms with Crippen LogP contribution in [0.2, 0.25) is 0 Å². The van der Waals surface area contributed by atoms with Crippen LogP contribution in [-0.4, -0.2) is 37.7 Å². The molecule has 2 aromatic rings. The number of nitrogens with one attached hydrogen (secondary N) is 1. The number of amides is 1. The predicted octanol–water partition coefficient (Wildman–Crippen LogP) is 2.38. The van der Waals surface area contributed by atoms with Crippen LogP contribution in [0.5, 0.6) is 0 Å². The summed E-state index contributed by atoms with van der Waals surface area (Å²) in [7, 11) is 0. The molecule has 0 saturated carbocycles. The summed E-state index contributed by atoms with van der Waals surface area (Å²) in [6, 6.07) is 0. The first-order chi connectivity index (χ1) is 13.1. The molecule has 28 heavy (non-hydrogen) atoms. The highest BCUT2D eigenvalue weighted by Crippen LogP contribution is 2.36. The maximum Gasteiger partial charge on any atom is 0.453 e. The first-order valence-corrected chi connectivity index (χ1v) is 8.59. The summed E-state index contributed by atoms with van der Waals surface area (Å²) >= 11 is 0. The average Bonchev–Trinajstić information content (AvgIpc) is 3.24. The number of rotatable bonds is 7. The Morgan fingerprint density at radius 1 is 1.25 bits per heavy atom. The Morgan fingerprint density at radius 2 is 1.96 bits per heavy atom. The molecular weight excluding hydrogens is 375 g/mol. The molecule has 3 heterocycles. The van der Waals surface area contributed by atoms with E-state index in [0.717, 1.165) is 4.52 Å². The first kappa shape index (κ1) is 19.7. The molecule has 1 amide bonds. The maximum absolute atomic E-state index is 12.8. The van der Waals surface area contributed by atoms with Crippen molar-refractivity contribution in [2.24, 2.45) is 10.2 Å². The van der Waals surface area contributed by atoms with Gasteiger partial charge in [0, 0.05) is 42.8 Å². The monoisotopic (exact) mass is 393 g/mol. The lowest BCUT2D eigenvalue weighted by Gasteiger charge is -2.12. The third kappa shape index (κ3) is 4.11. The fourth-order valence-corrected chi connectivity index (χ4v) is 2.88. The van der Waals surface area contributed by atoms with Crippen molar-refractivity contribution in [2.45, 2.75) is 51.4 Å². The summed E-state index contributed by atoms with van der Waals surface area (Å²) in [5, 5.41) is 14.2. The summed E-state index contributed by atoms with van der Waals surface area (Å²) in [6.45, 7) is 3.57. The third-order valence-corrected chi connectivity index (χ3v) is 4.54. The fraction of sp³-hybridized carbons (Fsp3) is 0.529. The van der Waals surface area contributed by atoms with E-state index in [1.165, 1.54) is 0 Å². The van der Waals surface area contributed by atoms with Crippen LogP contribution in [0.25, 0.3) is 5.78 Å². The van der Waals surface area contributed by atoms with E-state index >= 15 is 0 Å². The van der Waals surface area contributed by atoms with Crippen molar-refractivity contribution in [2.75, 3.05) is 6.54 Å². The van der Waals surface area contributed by atoms with Gasteiger partial charge in [0.25, 0.3) is 11.6 Å². The van der Waals surface area contributed by atoms with Crippen LogP contribution in [0.15, 0.2) is 10.2 Å². The van der Waals surface area contributed by atoms with Gasteiger partial charge in [0.2, 0.25) is 5.91 Å². The van der Waals surface area contributed by atoms with Gasteiger partial charge in [0.05, 0.1) is 6.42 Å². The van der Waals surface area contributed by atoms with E-state index in [4.69, 9.17) is 6.42 Å². The highest BCUT2D eigenvalue weighted by Gasteiger charge is 2.39. The lowest BCUT2D eigenvalue weighted by atomic mass is 10.0. The minimum absolute atomic E-state index is 0.0343. The largest absolute Gasteiger partial charge is 0.453 e. The van der Waals surface area contributed by atoms with Crippen LogP contribution in [0.4, 0.5) is 13.2 Å². The normalized spacial score (nSPS) is 14.9. The van der Waals surface area contributed by atoms with Gasteiger partial charge in [-0.1, -0.05) is 0 Å². The minimum atomic E-state index is -4.67. The molecule has 1 aliphatic heterocycles. The van der Waals surface area contributed by atoms with Gasteiger partial charge in [0.15, 0.2) is 5.66 Å². The number of halogens is 3. The maximum atomic E-state index is 12.8. The van der Waals surface area contributed by atoms with Gasteiger partial charge in [-0.05, 0) is 13.8 Å². The number of terminal acetylenes is 1. The number of alkyl halides is 3. The molecule has 2 aromatic heterocycles. The molecule has 0 fully saturated rings. The predicted molar refractivity (Wildman–Crippen MR) is 92.2 cm³/mol. The van der Waals surface area contributed by atoms with Gasteiger partial charge in [-0.25, -0.2) is 9.50 Å². The molecular formula is C17H18F3N7O. The summed E-state index contributed by atoms with van der Waals surface area (Å²) in [5.41, 5.74) is 0.837. The standard InChI is InChI=1S/C17H18F3N7O/c1-4-5-6-16(25-26-16)7-8-21-13(28)9-12-10(2)22-15-23-14(17(18,19)20)24-27(15)11(12)3/h1H,5-9H2,2-3H3,(H,21,28). The van der Waals surface area contributed by atoms with E-state index in [9.17, 15) is 18.0 Å². The number of aryl methyl sites for hydroxylation is 2. The highest BCUT2D eigenvalue weighted by molar-refractivity contribution is 5.79. The van der Waals surface area contributed by atoms with Crippen LogP contribution in [0.1, 0.15) is 42.0 Å². The lowest BCUT2D eigenvalue weighted by Crippen LogP contribution is -2.30. The molecule has 1 aliphatic rings. The van der Waals surface area contributed by atoms with Crippen LogP contribution >= 0.6 is 0 Å². The molecule has 8 nitrogen and oxygen atoms in total. The molecule has 0 radical (unpaired) electrons. The molecule has 0 aliphatic carbocycles.